The minimum Gasteiger partial charge on any atom is -0.465 e. The lowest BCUT2D eigenvalue weighted by molar-refractivity contribution is -0.117. The first-order valence-electron chi connectivity index (χ1n) is 9.39. The van der Waals surface area contributed by atoms with Crippen molar-refractivity contribution in [2.45, 2.75) is 32.6 Å². The van der Waals surface area contributed by atoms with Gasteiger partial charge in [0.2, 0.25) is 5.91 Å². The third-order valence-corrected chi connectivity index (χ3v) is 5.88. The maximum atomic E-state index is 12.6. The van der Waals surface area contributed by atoms with Crippen LogP contribution in [-0.2, 0) is 9.53 Å². The Morgan fingerprint density at radius 1 is 1.11 bits per heavy atom. The van der Waals surface area contributed by atoms with E-state index >= 15 is 0 Å². The second-order valence-corrected chi connectivity index (χ2v) is 8.06. The molecule has 1 amide bonds. The molecule has 1 aromatic carbocycles. The molecular weight excluding hydrogens is 360 g/mol. The standard InChI is InChI=1S/C21H26N2O3S/c1-15-18(16-10-6-5-7-11-16)19(21(25)26-2)20(27-15)22-17(24)14-23-12-8-3-4-9-13-23/h5-7,10-11H,3-4,8-9,12-14H2,1-2H3,(H,22,24). The van der Waals surface area contributed by atoms with Crippen LogP contribution in [0, 0.1) is 6.92 Å². The SMILES string of the molecule is COC(=O)c1c(NC(=O)CN2CCCCCC2)sc(C)c1-c1ccccc1. The van der Waals surface area contributed by atoms with E-state index in [9.17, 15) is 9.59 Å². The topological polar surface area (TPSA) is 58.6 Å². The molecule has 0 aliphatic carbocycles. The number of benzene rings is 1. The van der Waals surface area contributed by atoms with Crippen LogP contribution in [0.1, 0.15) is 40.9 Å². The van der Waals surface area contributed by atoms with E-state index in [1.54, 1.807) is 0 Å². The minimum absolute atomic E-state index is 0.0806. The lowest BCUT2D eigenvalue weighted by Gasteiger charge is -2.18. The number of nitrogens with zero attached hydrogens (tertiary/aromatic N) is 1. The number of likely N-dealkylation sites (tertiary alicyclic amines) is 1. The molecule has 1 aromatic heterocycles. The van der Waals surface area contributed by atoms with Crippen LogP contribution in [0.25, 0.3) is 11.1 Å². The Balaban J connectivity index is 1.84. The maximum absolute atomic E-state index is 12.6. The fourth-order valence-corrected chi connectivity index (χ4v) is 4.63. The zero-order valence-corrected chi connectivity index (χ0v) is 16.7. The van der Waals surface area contributed by atoms with Crippen molar-refractivity contribution >= 4 is 28.2 Å². The lowest BCUT2D eigenvalue weighted by atomic mass is 10.0. The summed E-state index contributed by atoms with van der Waals surface area (Å²) in [5.41, 5.74) is 2.22. The van der Waals surface area contributed by atoms with Crippen LogP contribution in [0.3, 0.4) is 0 Å². The number of rotatable bonds is 5. The molecule has 0 unspecified atom stereocenters. The molecule has 0 atom stereocenters. The van der Waals surface area contributed by atoms with E-state index in [1.165, 1.54) is 31.3 Å². The second-order valence-electron chi connectivity index (χ2n) is 6.83. The summed E-state index contributed by atoms with van der Waals surface area (Å²) in [6.45, 7) is 4.23. The lowest BCUT2D eigenvalue weighted by Crippen LogP contribution is -2.34. The Morgan fingerprint density at radius 2 is 1.78 bits per heavy atom. The second kappa shape index (κ2) is 9.15. The van der Waals surface area contributed by atoms with Gasteiger partial charge in [0.05, 0.1) is 13.7 Å². The van der Waals surface area contributed by atoms with Gasteiger partial charge in [0.25, 0.3) is 0 Å². The number of amides is 1. The molecular formula is C21H26N2O3S. The van der Waals surface area contributed by atoms with E-state index in [4.69, 9.17) is 4.74 Å². The van der Waals surface area contributed by atoms with E-state index in [2.05, 4.69) is 10.2 Å². The molecule has 5 nitrogen and oxygen atoms in total. The van der Waals surface area contributed by atoms with Crippen LogP contribution >= 0.6 is 11.3 Å². The van der Waals surface area contributed by atoms with Gasteiger partial charge in [-0.25, -0.2) is 4.79 Å². The van der Waals surface area contributed by atoms with Crippen molar-refractivity contribution in [3.05, 3.63) is 40.8 Å². The van der Waals surface area contributed by atoms with Crippen LogP contribution in [-0.4, -0.2) is 43.5 Å². The highest BCUT2D eigenvalue weighted by atomic mass is 32.1. The molecule has 2 heterocycles. The van der Waals surface area contributed by atoms with Crippen LogP contribution in [0.5, 0.6) is 0 Å². The predicted molar refractivity (Wildman–Crippen MR) is 109 cm³/mol. The summed E-state index contributed by atoms with van der Waals surface area (Å²) in [6, 6.07) is 9.73. The largest absolute Gasteiger partial charge is 0.465 e. The fraction of sp³-hybridized carbons (Fsp3) is 0.429. The number of hydrogen-bond acceptors (Lipinski definition) is 5. The number of hydrogen-bond donors (Lipinski definition) is 1. The van der Waals surface area contributed by atoms with Crippen molar-refractivity contribution in [3.63, 3.8) is 0 Å². The molecule has 1 N–H and O–H groups in total. The number of carbonyl (C=O) groups is 2. The van der Waals surface area contributed by atoms with Crippen LogP contribution in [0.15, 0.2) is 30.3 Å². The van der Waals surface area contributed by atoms with Gasteiger partial charge < -0.3 is 10.1 Å². The Bertz CT molecular complexity index is 793. The van der Waals surface area contributed by atoms with Crippen molar-refractivity contribution in [2.24, 2.45) is 0 Å². The molecule has 0 spiro atoms. The van der Waals surface area contributed by atoms with Gasteiger partial charge in [-0.15, -0.1) is 11.3 Å². The van der Waals surface area contributed by atoms with Crippen LogP contribution in [0.2, 0.25) is 0 Å². The van der Waals surface area contributed by atoms with E-state index in [1.807, 2.05) is 37.3 Å². The van der Waals surface area contributed by atoms with E-state index in [0.29, 0.717) is 17.1 Å². The molecule has 1 fully saturated rings. The van der Waals surface area contributed by atoms with Gasteiger partial charge in [-0.05, 0) is 38.4 Å². The third kappa shape index (κ3) is 4.76. The highest BCUT2D eigenvalue weighted by molar-refractivity contribution is 7.17. The van der Waals surface area contributed by atoms with Crippen LogP contribution < -0.4 is 5.32 Å². The quantitative estimate of drug-likeness (QED) is 0.778. The molecule has 0 bridgehead atoms. The normalized spacial score (nSPS) is 15.2. The number of methoxy groups -OCH3 is 1. The summed E-state index contributed by atoms with van der Waals surface area (Å²) < 4.78 is 5.01. The fourth-order valence-electron chi connectivity index (χ4n) is 3.55. The smallest absolute Gasteiger partial charge is 0.341 e. The van der Waals surface area contributed by atoms with Gasteiger partial charge in [0.15, 0.2) is 0 Å². The maximum Gasteiger partial charge on any atom is 0.341 e. The van der Waals surface area contributed by atoms with Crippen molar-refractivity contribution in [3.8, 4) is 11.1 Å². The Morgan fingerprint density at radius 3 is 2.41 bits per heavy atom. The Kier molecular flexibility index (Phi) is 6.63. The van der Waals surface area contributed by atoms with E-state index < -0.39 is 5.97 Å². The first-order valence-corrected chi connectivity index (χ1v) is 10.2. The molecule has 3 rings (SSSR count). The average molecular weight is 387 g/mol. The number of ether oxygens (including phenoxy) is 1. The number of carbonyl (C=O) groups excluding carboxylic acids is 2. The molecule has 0 radical (unpaired) electrons. The zero-order chi connectivity index (χ0) is 19.2. The number of thiophene rings is 1. The van der Waals surface area contributed by atoms with Crippen molar-refractivity contribution in [1.82, 2.24) is 4.90 Å². The Hall–Kier alpha value is -2.18. The third-order valence-electron chi connectivity index (χ3n) is 4.86. The zero-order valence-electron chi connectivity index (χ0n) is 15.9. The monoisotopic (exact) mass is 386 g/mol. The molecule has 27 heavy (non-hydrogen) atoms. The van der Waals surface area contributed by atoms with Crippen molar-refractivity contribution < 1.29 is 14.3 Å². The summed E-state index contributed by atoms with van der Waals surface area (Å²) in [7, 11) is 1.37. The van der Waals surface area contributed by atoms with Gasteiger partial charge in [0, 0.05) is 10.4 Å². The first-order chi connectivity index (χ1) is 13.1. The molecule has 1 saturated heterocycles. The highest BCUT2D eigenvalue weighted by Gasteiger charge is 2.25. The minimum atomic E-state index is -0.428. The average Bonchev–Trinajstić information content (AvgIpc) is 2.83. The summed E-state index contributed by atoms with van der Waals surface area (Å²) in [5, 5.41) is 3.53. The number of esters is 1. The molecule has 0 saturated carbocycles. The van der Waals surface area contributed by atoms with Gasteiger partial charge in [-0.2, -0.15) is 0 Å². The first kappa shape index (κ1) is 19.6. The number of anilines is 1. The van der Waals surface area contributed by atoms with E-state index in [-0.39, 0.29) is 5.91 Å². The highest BCUT2D eigenvalue weighted by Crippen LogP contribution is 2.40. The van der Waals surface area contributed by atoms with Gasteiger partial charge in [0.1, 0.15) is 10.6 Å². The summed E-state index contributed by atoms with van der Waals surface area (Å²) >= 11 is 1.42. The van der Waals surface area contributed by atoms with Gasteiger partial charge in [-0.3, -0.25) is 9.69 Å². The van der Waals surface area contributed by atoms with Crippen LogP contribution in [0.4, 0.5) is 5.00 Å². The molecule has 1 aliphatic rings. The van der Waals surface area contributed by atoms with Gasteiger partial charge in [-0.1, -0.05) is 43.2 Å². The van der Waals surface area contributed by atoms with E-state index in [0.717, 1.165) is 41.9 Å². The molecule has 1 aliphatic heterocycles. The van der Waals surface area contributed by atoms with Crippen molar-refractivity contribution in [2.75, 3.05) is 32.1 Å². The summed E-state index contributed by atoms with van der Waals surface area (Å²) in [4.78, 5) is 28.3. The van der Waals surface area contributed by atoms with Gasteiger partial charge >= 0.3 is 5.97 Å². The number of aryl methyl sites for hydroxylation is 1. The Labute approximate surface area is 164 Å². The number of nitrogens with one attached hydrogen (secondary N) is 1. The summed E-state index contributed by atoms with van der Waals surface area (Å²) in [6.07, 6.45) is 4.73. The molecule has 6 heteroatoms. The molecule has 2 aromatic rings. The summed E-state index contributed by atoms with van der Waals surface area (Å²) in [5.74, 6) is -0.508. The predicted octanol–water partition coefficient (Wildman–Crippen LogP) is 4.32. The molecule has 144 valence electrons. The van der Waals surface area contributed by atoms with Crippen molar-refractivity contribution in [1.29, 1.82) is 0 Å².